The molecule has 1 heterocycles. The first kappa shape index (κ1) is 13.2. The molecule has 0 aliphatic heterocycles. The molecule has 0 bridgehead atoms. The van der Waals surface area contributed by atoms with Crippen molar-refractivity contribution in [1.29, 1.82) is 0 Å². The molecule has 4 nitrogen and oxygen atoms in total. The fourth-order valence-corrected chi connectivity index (χ4v) is 2.32. The van der Waals surface area contributed by atoms with Crippen molar-refractivity contribution in [2.24, 2.45) is 0 Å². The number of hydrogen-bond donors (Lipinski definition) is 2. The van der Waals surface area contributed by atoms with Gasteiger partial charge in [-0.25, -0.2) is 0 Å². The normalized spacial score (nSPS) is 10.4. The average molecular weight is 327 g/mol. The first-order chi connectivity index (χ1) is 8.56. The highest BCUT2D eigenvalue weighted by Crippen LogP contribution is 2.19. The van der Waals surface area contributed by atoms with Crippen molar-refractivity contribution in [2.75, 3.05) is 0 Å². The van der Waals surface area contributed by atoms with Gasteiger partial charge < -0.3 is 9.84 Å². The van der Waals surface area contributed by atoms with Crippen LogP contribution in [0.4, 0.5) is 0 Å². The minimum absolute atomic E-state index is 0.187. The summed E-state index contributed by atoms with van der Waals surface area (Å²) in [5.74, 6) is 0.533. The number of carbonyl (C=O) groups excluding carboxylic acids is 1. The van der Waals surface area contributed by atoms with Crippen LogP contribution in [0.2, 0.25) is 0 Å². The summed E-state index contributed by atoms with van der Waals surface area (Å²) in [6.07, 6.45) is 0. The largest absolute Gasteiger partial charge is 0.361 e. The van der Waals surface area contributed by atoms with Crippen LogP contribution in [0.5, 0.6) is 0 Å². The maximum Gasteiger partial charge on any atom is 0.252 e. The molecule has 0 aliphatic rings. The molecule has 0 saturated heterocycles. The van der Waals surface area contributed by atoms with Gasteiger partial charge in [0, 0.05) is 15.4 Å². The van der Waals surface area contributed by atoms with Crippen molar-refractivity contribution in [3.8, 4) is 0 Å². The number of benzene rings is 1. The molecular weight excluding hydrogens is 316 g/mol. The van der Waals surface area contributed by atoms with E-state index in [4.69, 9.17) is 4.52 Å². The summed E-state index contributed by atoms with van der Waals surface area (Å²) in [5.41, 5.74) is 1.22. The molecule has 1 aromatic heterocycles. The van der Waals surface area contributed by atoms with Gasteiger partial charge in [-0.1, -0.05) is 21.1 Å². The van der Waals surface area contributed by atoms with Crippen LogP contribution in [-0.4, -0.2) is 11.1 Å². The molecule has 2 rings (SSSR count). The summed E-state index contributed by atoms with van der Waals surface area (Å²) < 4.78 is 5.80. The van der Waals surface area contributed by atoms with E-state index in [-0.39, 0.29) is 5.91 Å². The van der Waals surface area contributed by atoms with Crippen molar-refractivity contribution in [2.45, 2.75) is 18.4 Å². The standard InChI is InChI=1S/C12H11BrN2O2S/c1-7-4-9(15-17-7)6-14-12(16)10-3-2-8(13)5-11(10)18/h2-5,18H,6H2,1H3,(H,14,16). The molecule has 0 aliphatic carbocycles. The molecule has 0 unspecified atom stereocenters. The van der Waals surface area contributed by atoms with E-state index in [2.05, 4.69) is 39.0 Å². The zero-order valence-electron chi connectivity index (χ0n) is 9.61. The Bertz CT molecular complexity index is 583. The minimum atomic E-state index is -0.187. The number of halogens is 1. The second-order valence-corrected chi connectivity index (χ2v) is 5.17. The topological polar surface area (TPSA) is 55.1 Å². The Balaban J connectivity index is 2.03. The van der Waals surface area contributed by atoms with Crippen LogP contribution in [0.15, 0.2) is 38.2 Å². The van der Waals surface area contributed by atoms with Crippen molar-refractivity contribution in [3.63, 3.8) is 0 Å². The molecule has 94 valence electrons. The number of nitrogens with zero attached hydrogens (tertiary/aromatic N) is 1. The van der Waals surface area contributed by atoms with Crippen LogP contribution in [0.3, 0.4) is 0 Å². The van der Waals surface area contributed by atoms with E-state index in [1.807, 2.05) is 0 Å². The minimum Gasteiger partial charge on any atom is -0.361 e. The van der Waals surface area contributed by atoms with Gasteiger partial charge in [-0.3, -0.25) is 4.79 Å². The van der Waals surface area contributed by atoms with Crippen LogP contribution in [0.25, 0.3) is 0 Å². The maximum atomic E-state index is 11.9. The lowest BCUT2D eigenvalue weighted by Gasteiger charge is -2.05. The van der Waals surface area contributed by atoms with Crippen molar-refractivity contribution < 1.29 is 9.32 Å². The number of carbonyl (C=O) groups is 1. The van der Waals surface area contributed by atoms with Crippen molar-refractivity contribution in [1.82, 2.24) is 10.5 Å². The Hall–Kier alpha value is -1.27. The molecule has 6 heteroatoms. The smallest absolute Gasteiger partial charge is 0.252 e. The van der Waals surface area contributed by atoms with Gasteiger partial charge in [-0.05, 0) is 25.1 Å². The summed E-state index contributed by atoms with van der Waals surface area (Å²) in [6, 6.07) is 7.08. The van der Waals surface area contributed by atoms with E-state index >= 15 is 0 Å². The van der Waals surface area contributed by atoms with E-state index < -0.39 is 0 Å². The van der Waals surface area contributed by atoms with Gasteiger partial charge in [0.1, 0.15) is 11.5 Å². The number of aryl methyl sites for hydroxylation is 1. The number of amides is 1. The van der Waals surface area contributed by atoms with E-state index in [0.29, 0.717) is 22.7 Å². The highest BCUT2D eigenvalue weighted by Gasteiger charge is 2.10. The lowest BCUT2D eigenvalue weighted by Crippen LogP contribution is -2.23. The first-order valence-electron chi connectivity index (χ1n) is 5.25. The zero-order chi connectivity index (χ0) is 13.1. The van der Waals surface area contributed by atoms with Crippen molar-refractivity contribution in [3.05, 3.63) is 45.8 Å². The molecule has 0 radical (unpaired) electrons. The Morgan fingerprint density at radius 1 is 1.50 bits per heavy atom. The summed E-state index contributed by atoms with van der Waals surface area (Å²) in [6.45, 7) is 2.14. The third kappa shape index (κ3) is 3.14. The lowest BCUT2D eigenvalue weighted by molar-refractivity contribution is 0.0947. The fourth-order valence-electron chi connectivity index (χ4n) is 1.46. The molecule has 1 N–H and O–H groups in total. The summed E-state index contributed by atoms with van der Waals surface area (Å²) in [4.78, 5) is 12.5. The van der Waals surface area contributed by atoms with Gasteiger partial charge in [0.2, 0.25) is 0 Å². The number of nitrogens with one attached hydrogen (secondary N) is 1. The molecule has 1 aromatic carbocycles. The zero-order valence-corrected chi connectivity index (χ0v) is 12.1. The summed E-state index contributed by atoms with van der Waals surface area (Å²) >= 11 is 7.59. The number of aromatic nitrogens is 1. The van der Waals surface area contributed by atoms with Crippen LogP contribution >= 0.6 is 28.6 Å². The van der Waals surface area contributed by atoms with E-state index in [0.717, 1.165) is 10.2 Å². The van der Waals surface area contributed by atoms with E-state index in [1.165, 1.54) is 0 Å². The van der Waals surface area contributed by atoms with Crippen LogP contribution < -0.4 is 5.32 Å². The number of thiol groups is 1. The molecule has 0 fully saturated rings. The summed E-state index contributed by atoms with van der Waals surface area (Å²) in [7, 11) is 0. The van der Waals surface area contributed by atoms with Gasteiger partial charge >= 0.3 is 0 Å². The fraction of sp³-hybridized carbons (Fsp3) is 0.167. The lowest BCUT2D eigenvalue weighted by atomic mass is 10.2. The van der Waals surface area contributed by atoms with Gasteiger partial charge in [0.25, 0.3) is 5.91 Å². The van der Waals surface area contributed by atoms with E-state index in [1.54, 1.807) is 31.2 Å². The SMILES string of the molecule is Cc1cc(CNC(=O)c2ccc(Br)cc2S)no1. The Morgan fingerprint density at radius 3 is 2.89 bits per heavy atom. The summed E-state index contributed by atoms with van der Waals surface area (Å²) in [5, 5.41) is 6.56. The molecule has 0 atom stereocenters. The van der Waals surface area contributed by atoms with Gasteiger partial charge in [0.05, 0.1) is 12.1 Å². The monoisotopic (exact) mass is 326 g/mol. The molecule has 18 heavy (non-hydrogen) atoms. The van der Waals surface area contributed by atoms with Gasteiger partial charge in [0.15, 0.2) is 0 Å². The van der Waals surface area contributed by atoms with Gasteiger partial charge in [-0.15, -0.1) is 12.6 Å². The first-order valence-corrected chi connectivity index (χ1v) is 6.49. The van der Waals surface area contributed by atoms with Crippen LogP contribution in [0.1, 0.15) is 21.8 Å². The van der Waals surface area contributed by atoms with Gasteiger partial charge in [-0.2, -0.15) is 0 Å². The highest BCUT2D eigenvalue weighted by molar-refractivity contribution is 9.10. The third-order valence-corrected chi connectivity index (χ3v) is 3.17. The molecule has 0 spiro atoms. The predicted molar refractivity (Wildman–Crippen MR) is 73.8 cm³/mol. The van der Waals surface area contributed by atoms with Crippen LogP contribution in [-0.2, 0) is 6.54 Å². The molecular formula is C12H11BrN2O2S. The quantitative estimate of drug-likeness (QED) is 0.852. The average Bonchev–Trinajstić information content (AvgIpc) is 2.72. The predicted octanol–water partition coefficient (Wildman–Crippen LogP) is 2.96. The third-order valence-electron chi connectivity index (χ3n) is 2.31. The molecule has 1 amide bonds. The number of hydrogen-bond acceptors (Lipinski definition) is 4. The maximum absolute atomic E-state index is 11.9. The van der Waals surface area contributed by atoms with Crippen molar-refractivity contribution >= 4 is 34.5 Å². The van der Waals surface area contributed by atoms with Crippen LogP contribution in [0, 0.1) is 6.92 Å². The van der Waals surface area contributed by atoms with E-state index in [9.17, 15) is 4.79 Å². The second kappa shape index (κ2) is 5.58. The Kier molecular flexibility index (Phi) is 4.08. The second-order valence-electron chi connectivity index (χ2n) is 3.77. The number of rotatable bonds is 3. The Labute approximate surface area is 118 Å². The highest BCUT2D eigenvalue weighted by atomic mass is 79.9. The molecule has 0 saturated carbocycles. The Morgan fingerprint density at radius 2 is 2.28 bits per heavy atom. The molecule has 2 aromatic rings.